The van der Waals surface area contributed by atoms with Crippen molar-refractivity contribution in [1.29, 1.82) is 0 Å². The van der Waals surface area contributed by atoms with Gasteiger partial charge in [-0.3, -0.25) is 0 Å². The van der Waals surface area contributed by atoms with Crippen LogP contribution in [0.3, 0.4) is 0 Å². The van der Waals surface area contributed by atoms with Crippen molar-refractivity contribution in [3.05, 3.63) is 83.6 Å². The molecule has 0 bridgehead atoms. The van der Waals surface area contributed by atoms with Crippen molar-refractivity contribution in [3.63, 3.8) is 0 Å². The maximum Gasteiger partial charge on any atom is 0.209 e. The lowest BCUT2D eigenvalue weighted by atomic mass is 9.81. The summed E-state index contributed by atoms with van der Waals surface area (Å²) < 4.78 is 2.68. The summed E-state index contributed by atoms with van der Waals surface area (Å²) in [4.78, 5) is 2.68. The van der Waals surface area contributed by atoms with E-state index in [4.69, 9.17) is 0 Å². The smallest absolute Gasteiger partial charge is 0.209 e. The minimum absolute atomic E-state index is 0.0309. The summed E-state index contributed by atoms with van der Waals surface area (Å²) in [5, 5.41) is 0. The van der Waals surface area contributed by atoms with E-state index in [2.05, 4.69) is 132 Å². The Balaban J connectivity index is 1.52. The van der Waals surface area contributed by atoms with Gasteiger partial charge in [0, 0.05) is 47.0 Å². The maximum atomic E-state index is 2.68. The van der Waals surface area contributed by atoms with Gasteiger partial charge < -0.3 is 4.90 Å². The molecule has 2 aromatic rings. The summed E-state index contributed by atoms with van der Waals surface area (Å²) >= 11 is 0. The van der Waals surface area contributed by atoms with E-state index < -0.39 is 0 Å². The molecule has 2 aromatic carbocycles. The Morgan fingerprint density at radius 3 is 1.73 bits per heavy atom. The summed E-state index contributed by atoms with van der Waals surface area (Å²) in [7, 11) is 0. The van der Waals surface area contributed by atoms with Crippen molar-refractivity contribution in [1.82, 2.24) is 0 Å². The fourth-order valence-corrected chi connectivity index (χ4v) is 8.73. The molecule has 2 unspecified atom stereocenters. The van der Waals surface area contributed by atoms with Crippen LogP contribution in [-0.2, 0) is 10.8 Å². The molecule has 270 valence electrons. The summed E-state index contributed by atoms with van der Waals surface area (Å²) in [6, 6.07) is 19.3. The number of anilines is 1. The van der Waals surface area contributed by atoms with Gasteiger partial charge in [-0.25, -0.2) is 0 Å². The molecule has 0 saturated heterocycles. The van der Waals surface area contributed by atoms with Crippen LogP contribution in [-0.4, -0.2) is 22.4 Å². The highest BCUT2D eigenvalue weighted by Crippen LogP contribution is 2.49. The lowest BCUT2D eigenvalue weighted by Gasteiger charge is -2.32. The minimum atomic E-state index is -0.0309. The molecule has 2 heteroatoms. The van der Waals surface area contributed by atoms with Crippen LogP contribution < -0.4 is 4.90 Å². The highest BCUT2D eigenvalue weighted by atomic mass is 15.2. The second-order valence-corrected chi connectivity index (χ2v) is 16.5. The molecule has 0 aromatic heterocycles. The monoisotopic (exact) mass is 666 g/mol. The standard InChI is InChI=1S/C47H73N2/c1-9-11-13-15-17-19-21-23-30-38(3)48-42-34-27-25-32-40(42)46(5,6)44(48)36-29-37-45-47(7,8)41-33-26-28-35-43(41)49(45)39(4)31-24-22-20-18-16-14-12-10-2/h25-29,32-39H,9-24,30-31H2,1-8H3/q+1. The molecular formula is C47H73N2+. The van der Waals surface area contributed by atoms with E-state index in [0.717, 1.165) is 0 Å². The van der Waals surface area contributed by atoms with Gasteiger partial charge >= 0.3 is 0 Å². The zero-order chi connectivity index (χ0) is 35.3. The van der Waals surface area contributed by atoms with Crippen LogP contribution in [0.25, 0.3) is 0 Å². The Hall–Kier alpha value is -2.61. The molecule has 0 aliphatic carbocycles. The van der Waals surface area contributed by atoms with Crippen LogP contribution in [0.2, 0.25) is 0 Å². The van der Waals surface area contributed by atoms with E-state index in [0.29, 0.717) is 12.1 Å². The predicted molar refractivity (Wildman–Crippen MR) is 217 cm³/mol. The van der Waals surface area contributed by atoms with Gasteiger partial charge in [-0.15, -0.1) is 0 Å². The minimum Gasteiger partial charge on any atom is -0.341 e. The number of fused-ring (bicyclic) bond motifs is 2. The van der Waals surface area contributed by atoms with Gasteiger partial charge in [0.05, 0.1) is 5.41 Å². The number of benzene rings is 2. The quantitative estimate of drug-likeness (QED) is 0.0896. The fourth-order valence-electron chi connectivity index (χ4n) is 8.73. The first-order chi connectivity index (χ1) is 23.7. The highest BCUT2D eigenvalue weighted by Gasteiger charge is 2.46. The number of hydrogen-bond donors (Lipinski definition) is 0. The van der Waals surface area contributed by atoms with E-state index in [-0.39, 0.29) is 10.8 Å². The Morgan fingerprint density at radius 1 is 0.612 bits per heavy atom. The Bertz CT molecular complexity index is 1390. The van der Waals surface area contributed by atoms with Gasteiger partial charge in [-0.1, -0.05) is 166 Å². The lowest BCUT2D eigenvalue weighted by molar-refractivity contribution is -0.479. The molecule has 0 N–H and O–H groups in total. The second kappa shape index (κ2) is 19.1. The first kappa shape index (κ1) is 39.2. The average molecular weight is 666 g/mol. The van der Waals surface area contributed by atoms with Crippen molar-refractivity contribution in [2.75, 3.05) is 4.90 Å². The molecule has 2 aliphatic rings. The van der Waals surface area contributed by atoms with Crippen LogP contribution >= 0.6 is 0 Å². The van der Waals surface area contributed by atoms with E-state index >= 15 is 0 Å². The summed E-state index contributed by atoms with van der Waals surface area (Å²) in [5.74, 6) is 0. The molecule has 2 atom stereocenters. The van der Waals surface area contributed by atoms with Crippen molar-refractivity contribution < 1.29 is 4.58 Å². The van der Waals surface area contributed by atoms with Crippen LogP contribution in [0.5, 0.6) is 0 Å². The molecule has 2 nitrogen and oxygen atoms in total. The van der Waals surface area contributed by atoms with Crippen molar-refractivity contribution in [2.24, 2.45) is 0 Å². The predicted octanol–water partition coefficient (Wildman–Crippen LogP) is 14.1. The summed E-state index contributed by atoms with van der Waals surface area (Å²) in [5.41, 5.74) is 8.53. The van der Waals surface area contributed by atoms with Crippen LogP contribution in [0.1, 0.15) is 182 Å². The number of unbranched alkanes of at least 4 members (excludes halogenated alkanes) is 14. The molecule has 0 fully saturated rings. The third-order valence-corrected chi connectivity index (χ3v) is 11.8. The first-order valence-corrected chi connectivity index (χ1v) is 20.7. The largest absolute Gasteiger partial charge is 0.341 e. The maximum absolute atomic E-state index is 2.68. The Kier molecular flexibility index (Phi) is 15.3. The van der Waals surface area contributed by atoms with E-state index in [1.807, 2.05) is 0 Å². The van der Waals surface area contributed by atoms with Gasteiger partial charge in [-0.05, 0) is 58.2 Å². The topological polar surface area (TPSA) is 6.25 Å². The average Bonchev–Trinajstić information content (AvgIpc) is 3.46. The third-order valence-electron chi connectivity index (χ3n) is 11.8. The number of allylic oxidation sites excluding steroid dienone is 4. The Labute approximate surface area is 303 Å². The van der Waals surface area contributed by atoms with Crippen molar-refractivity contribution in [3.8, 4) is 0 Å². The molecule has 0 spiro atoms. The molecule has 0 radical (unpaired) electrons. The lowest BCUT2D eigenvalue weighted by Crippen LogP contribution is -2.33. The molecule has 2 aliphatic heterocycles. The SMILES string of the molecule is CCCCCCCCCCC(C)N1C(=CC=CC2=[N+](C(C)CCCCCCCCCC)c3ccccc3C2(C)C)C(C)(C)c2ccccc21. The van der Waals surface area contributed by atoms with Crippen molar-refractivity contribution in [2.45, 2.75) is 194 Å². The number of nitrogens with zero attached hydrogens (tertiary/aromatic N) is 2. The third kappa shape index (κ3) is 9.80. The molecule has 2 heterocycles. The highest BCUT2D eigenvalue weighted by molar-refractivity contribution is 6.03. The molecule has 0 amide bonds. The first-order valence-electron chi connectivity index (χ1n) is 20.7. The van der Waals surface area contributed by atoms with Gasteiger partial charge in [-0.2, -0.15) is 4.58 Å². The van der Waals surface area contributed by atoms with Crippen molar-refractivity contribution >= 4 is 17.1 Å². The molecule has 4 rings (SSSR count). The van der Waals surface area contributed by atoms with Crippen LogP contribution in [0.15, 0.2) is 72.5 Å². The number of para-hydroxylation sites is 2. The van der Waals surface area contributed by atoms with E-state index in [1.165, 1.54) is 149 Å². The van der Waals surface area contributed by atoms with Gasteiger partial charge in [0.15, 0.2) is 11.8 Å². The van der Waals surface area contributed by atoms with Gasteiger partial charge in [0.1, 0.15) is 0 Å². The zero-order valence-corrected chi connectivity index (χ0v) is 33.1. The molecule has 49 heavy (non-hydrogen) atoms. The normalized spacial score (nSPS) is 18.4. The second-order valence-electron chi connectivity index (χ2n) is 16.5. The summed E-state index contributed by atoms with van der Waals surface area (Å²) in [6.07, 6.45) is 31.8. The van der Waals surface area contributed by atoms with Gasteiger partial charge in [0.2, 0.25) is 5.69 Å². The zero-order valence-electron chi connectivity index (χ0n) is 33.1. The van der Waals surface area contributed by atoms with E-state index in [9.17, 15) is 0 Å². The number of hydrogen-bond acceptors (Lipinski definition) is 1. The molecular weight excluding hydrogens is 593 g/mol. The van der Waals surface area contributed by atoms with Gasteiger partial charge in [0.25, 0.3) is 0 Å². The fraction of sp³-hybridized carbons (Fsp3) is 0.638. The van der Waals surface area contributed by atoms with Crippen LogP contribution in [0.4, 0.5) is 11.4 Å². The number of rotatable bonds is 22. The van der Waals surface area contributed by atoms with Crippen LogP contribution in [0, 0.1) is 0 Å². The molecule has 0 saturated carbocycles. The van der Waals surface area contributed by atoms with E-state index in [1.54, 1.807) is 0 Å². The summed E-state index contributed by atoms with van der Waals surface area (Å²) in [6.45, 7) is 19.2. The Morgan fingerprint density at radius 2 is 1.12 bits per heavy atom.